The third-order valence-electron chi connectivity index (χ3n) is 4.39. The van der Waals surface area contributed by atoms with Crippen LogP contribution in [0.15, 0.2) is 24.3 Å². The molecule has 2 fully saturated rings. The van der Waals surface area contributed by atoms with Crippen LogP contribution in [0.4, 0.5) is 0 Å². The van der Waals surface area contributed by atoms with E-state index in [1.807, 2.05) is 0 Å². The molecular weight excluding hydrogens is 222 g/mol. The average Bonchev–Trinajstić information content (AvgIpc) is 2.74. The summed E-state index contributed by atoms with van der Waals surface area (Å²) in [5, 5.41) is 0. The highest BCUT2D eigenvalue weighted by Gasteiger charge is 2.44. The first kappa shape index (κ1) is 12.2. The molecule has 2 aliphatic rings. The lowest BCUT2D eigenvalue weighted by Gasteiger charge is -2.37. The van der Waals surface area contributed by atoms with Gasteiger partial charge in [0.15, 0.2) is 0 Å². The Morgan fingerprint density at radius 2 is 1.94 bits per heavy atom. The van der Waals surface area contributed by atoms with E-state index in [1.54, 1.807) is 0 Å². The van der Waals surface area contributed by atoms with Crippen molar-refractivity contribution in [2.45, 2.75) is 32.7 Å². The van der Waals surface area contributed by atoms with E-state index in [4.69, 9.17) is 4.74 Å². The molecule has 2 heterocycles. The maximum absolute atomic E-state index is 5.37. The molecule has 0 aromatic heterocycles. The van der Waals surface area contributed by atoms with E-state index in [1.165, 1.54) is 30.6 Å². The molecule has 0 aliphatic carbocycles. The molecule has 3 rings (SSSR count). The second-order valence-electron chi connectivity index (χ2n) is 6.35. The minimum Gasteiger partial charge on any atom is -0.380 e. The number of nitrogens with zero attached hydrogens (tertiary/aromatic N) is 1. The fourth-order valence-corrected chi connectivity index (χ4v) is 3.06. The molecule has 0 bridgehead atoms. The Balaban J connectivity index is 1.59. The smallest absolute Gasteiger partial charge is 0.0557 e. The van der Waals surface area contributed by atoms with Crippen molar-refractivity contribution < 1.29 is 4.74 Å². The SMILES string of the molecule is CC(C)c1ccc(CN2CCC3(COC3)C2)cc1. The lowest BCUT2D eigenvalue weighted by atomic mass is 9.85. The number of hydrogen-bond donors (Lipinski definition) is 0. The summed E-state index contributed by atoms with van der Waals surface area (Å²) in [5.41, 5.74) is 3.39. The maximum Gasteiger partial charge on any atom is 0.0557 e. The predicted molar refractivity (Wildman–Crippen MR) is 73.7 cm³/mol. The Morgan fingerprint density at radius 3 is 2.44 bits per heavy atom. The summed E-state index contributed by atoms with van der Waals surface area (Å²) in [6, 6.07) is 9.13. The first-order valence-corrected chi connectivity index (χ1v) is 7.06. The molecule has 0 atom stereocenters. The Labute approximate surface area is 110 Å². The van der Waals surface area contributed by atoms with Gasteiger partial charge in [-0.15, -0.1) is 0 Å². The van der Waals surface area contributed by atoms with E-state index in [9.17, 15) is 0 Å². The van der Waals surface area contributed by atoms with Crippen molar-refractivity contribution in [1.82, 2.24) is 4.90 Å². The zero-order valence-corrected chi connectivity index (χ0v) is 11.5. The van der Waals surface area contributed by atoms with Gasteiger partial charge in [0.05, 0.1) is 13.2 Å². The van der Waals surface area contributed by atoms with Gasteiger partial charge in [-0.2, -0.15) is 0 Å². The van der Waals surface area contributed by atoms with Gasteiger partial charge < -0.3 is 4.74 Å². The minimum atomic E-state index is 0.512. The standard InChI is InChI=1S/C16H23NO/c1-13(2)15-5-3-14(4-6-15)9-17-8-7-16(10-17)11-18-12-16/h3-6,13H,7-12H2,1-2H3. The molecule has 2 nitrogen and oxygen atoms in total. The van der Waals surface area contributed by atoms with E-state index in [0.717, 1.165) is 19.8 Å². The second kappa shape index (κ2) is 4.67. The van der Waals surface area contributed by atoms with Gasteiger partial charge in [-0.25, -0.2) is 0 Å². The Bertz CT molecular complexity index is 406. The molecule has 1 aromatic carbocycles. The van der Waals surface area contributed by atoms with Gasteiger partial charge in [-0.05, 0) is 30.0 Å². The van der Waals surface area contributed by atoms with E-state index in [0.29, 0.717) is 11.3 Å². The van der Waals surface area contributed by atoms with Crippen molar-refractivity contribution in [3.63, 3.8) is 0 Å². The molecule has 1 aromatic rings. The van der Waals surface area contributed by atoms with Gasteiger partial charge in [0.2, 0.25) is 0 Å². The Morgan fingerprint density at radius 1 is 1.22 bits per heavy atom. The average molecular weight is 245 g/mol. The second-order valence-corrected chi connectivity index (χ2v) is 6.35. The van der Waals surface area contributed by atoms with Crippen molar-refractivity contribution in [2.24, 2.45) is 5.41 Å². The third kappa shape index (κ3) is 2.32. The summed E-state index contributed by atoms with van der Waals surface area (Å²) in [6.07, 6.45) is 1.32. The van der Waals surface area contributed by atoms with Crippen LogP contribution in [-0.2, 0) is 11.3 Å². The molecule has 2 aliphatic heterocycles. The summed E-state index contributed by atoms with van der Waals surface area (Å²) < 4.78 is 5.37. The fraction of sp³-hybridized carbons (Fsp3) is 0.625. The highest BCUT2D eigenvalue weighted by Crippen LogP contribution is 2.37. The van der Waals surface area contributed by atoms with E-state index >= 15 is 0 Å². The lowest BCUT2D eigenvalue weighted by Crippen LogP contribution is -2.44. The normalized spacial score (nSPS) is 22.6. The van der Waals surface area contributed by atoms with Crippen LogP contribution in [0.2, 0.25) is 0 Å². The first-order chi connectivity index (χ1) is 8.67. The molecule has 1 spiro atoms. The predicted octanol–water partition coefficient (Wildman–Crippen LogP) is 3.03. The van der Waals surface area contributed by atoms with Crippen LogP contribution in [-0.4, -0.2) is 31.2 Å². The molecule has 2 heteroatoms. The summed E-state index contributed by atoms with van der Waals surface area (Å²) >= 11 is 0. The zero-order valence-electron chi connectivity index (χ0n) is 11.5. The fourth-order valence-electron chi connectivity index (χ4n) is 3.06. The van der Waals surface area contributed by atoms with E-state index < -0.39 is 0 Å². The summed E-state index contributed by atoms with van der Waals surface area (Å²) in [6.45, 7) is 10.0. The number of benzene rings is 1. The number of rotatable bonds is 3. The van der Waals surface area contributed by atoms with Gasteiger partial charge >= 0.3 is 0 Å². The highest BCUT2D eigenvalue weighted by atomic mass is 16.5. The van der Waals surface area contributed by atoms with Gasteiger partial charge in [0.1, 0.15) is 0 Å². The molecule has 18 heavy (non-hydrogen) atoms. The molecule has 0 N–H and O–H groups in total. The molecule has 0 radical (unpaired) electrons. The summed E-state index contributed by atoms with van der Waals surface area (Å²) in [7, 11) is 0. The minimum absolute atomic E-state index is 0.512. The third-order valence-corrected chi connectivity index (χ3v) is 4.39. The van der Waals surface area contributed by atoms with Crippen LogP contribution in [0.5, 0.6) is 0 Å². The molecule has 2 saturated heterocycles. The molecular formula is C16H23NO. The molecule has 0 unspecified atom stereocenters. The number of ether oxygens (including phenoxy) is 1. The van der Waals surface area contributed by atoms with Crippen LogP contribution in [0.25, 0.3) is 0 Å². The molecule has 0 amide bonds. The topological polar surface area (TPSA) is 12.5 Å². The zero-order chi connectivity index (χ0) is 12.6. The lowest BCUT2D eigenvalue weighted by molar-refractivity contribution is -0.105. The van der Waals surface area contributed by atoms with Gasteiger partial charge in [0.25, 0.3) is 0 Å². The Kier molecular flexibility index (Phi) is 3.16. The van der Waals surface area contributed by atoms with Gasteiger partial charge in [0, 0.05) is 18.5 Å². The Hall–Kier alpha value is -0.860. The van der Waals surface area contributed by atoms with Crippen LogP contribution >= 0.6 is 0 Å². The quantitative estimate of drug-likeness (QED) is 0.811. The van der Waals surface area contributed by atoms with Crippen LogP contribution in [0, 0.1) is 5.41 Å². The van der Waals surface area contributed by atoms with Crippen LogP contribution < -0.4 is 0 Å². The first-order valence-electron chi connectivity index (χ1n) is 7.06. The molecule has 98 valence electrons. The van der Waals surface area contributed by atoms with Gasteiger partial charge in [-0.1, -0.05) is 38.1 Å². The van der Waals surface area contributed by atoms with Crippen molar-refractivity contribution >= 4 is 0 Å². The van der Waals surface area contributed by atoms with Crippen LogP contribution in [0.1, 0.15) is 37.3 Å². The van der Waals surface area contributed by atoms with Crippen molar-refractivity contribution in [3.05, 3.63) is 35.4 Å². The maximum atomic E-state index is 5.37. The highest BCUT2D eigenvalue weighted by molar-refractivity contribution is 5.24. The largest absolute Gasteiger partial charge is 0.380 e. The number of hydrogen-bond acceptors (Lipinski definition) is 2. The summed E-state index contributed by atoms with van der Waals surface area (Å²) in [5.74, 6) is 0.626. The van der Waals surface area contributed by atoms with Gasteiger partial charge in [-0.3, -0.25) is 4.90 Å². The van der Waals surface area contributed by atoms with Crippen molar-refractivity contribution in [1.29, 1.82) is 0 Å². The number of likely N-dealkylation sites (tertiary alicyclic amines) is 1. The van der Waals surface area contributed by atoms with Crippen molar-refractivity contribution in [2.75, 3.05) is 26.3 Å². The molecule has 0 saturated carbocycles. The van der Waals surface area contributed by atoms with Crippen molar-refractivity contribution in [3.8, 4) is 0 Å². The van der Waals surface area contributed by atoms with E-state index in [-0.39, 0.29) is 0 Å². The van der Waals surface area contributed by atoms with E-state index in [2.05, 4.69) is 43.0 Å². The van der Waals surface area contributed by atoms with Crippen LogP contribution in [0.3, 0.4) is 0 Å². The monoisotopic (exact) mass is 245 g/mol. The summed E-state index contributed by atoms with van der Waals surface area (Å²) in [4.78, 5) is 2.58.